The van der Waals surface area contributed by atoms with Gasteiger partial charge in [0, 0.05) is 5.39 Å². The average Bonchev–Trinajstić information content (AvgIpc) is 3.01. The van der Waals surface area contributed by atoms with Gasteiger partial charge in [-0.2, -0.15) is 13.3 Å². The van der Waals surface area contributed by atoms with E-state index in [-0.39, 0.29) is 17.1 Å². The van der Waals surface area contributed by atoms with Crippen LogP contribution in [-0.2, 0) is 0 Å². The summed E-state index contributed by atoms with van der Waals surface area (Å²) >= 11 is 0. The van der Waals surface area contributed by atoms with Crippen LogP contribution in [-0.4, -0.2) is 26.2 Å². The van der Waals surface area contributed by atoms with Gasteiger partial charge in [0.15, 0.2) is 11.5 Å². The number of H-pyrrole nitrogens is 1. The van der Waals surface area contributed by atoms with E-state index in [4.69, 9.17) is 0 Å². The number of nitrogens with one attached hydrogen (secondary N) is 1. The predicted molar refractivity (Wildman–Crippen MR) is 83.2 cm³/mol. The maximum absolute atomic E-state index is 12.6. The number of para-hydroxylation sites is 2. The molecule has 0 aliphatic rings. The number of halogens is 2. The molecule has 2 aromatic carbocycles. The Morgan fingerprint density at radius 1 is 1.08 bits per heavy atom. The molecule has 0 unspecified atom stereocenters. The first-order chi connectivity index (χ1) is 11.6. The van der Waals surface area contributed by atoms with Crippen molar-refractivity contribution < 1.29 is 13.5 Å². The fraction of sp³-hybridized carbons (Fsp3) is 0.0625. The SMILES string of the molecule is O=c1[nH]c2ccccc2c2nc(-c3ccccc3OC(F)F)nn12. The first-order valence-electron chi connectivity index (χ1n) is 7.05. The van der Waals surface area contributed by atoms with Crippen LogP contribution in [0.25, 0.3) is 27.9 Å². The maximum Gasteiger partial charge on any atom is 0.387 e. The Labute approximate surface area is 133 Å². The van der Waals surface area contributed by atoms with Crippen molar-refractivity contribution in [2.45, 2.75) is 6.61 Å². The van der Waals surface area contributed by atoms with Crippen LogP contribution in [0.15, 0.2) is 53.3 Å². The molecule has 4 aromatic rings. The number of benzene rings is 2. The quantitative estimate of drug-likeness (QED) is 0.628. The van der Waals surface area contributed by atoms with Gasteiger partial charge in [0.25, 0.3) is 0 Å². The highest BCUT2D eigenvalue weighted by molar-refractivity contribution is 5.91. The standard InChI is InChI=1S/C16H10F2N4O2/c17-15(18)24-12-8-4-2-6-10(12)13-20-14-9-5-1-3-7-11(9)19-16(23)22(14)21-13/h1-8,15H,(H,19,23). The minimum absolute atomic E-state index is 0.0517. The van der Waals surface area contributed by atoms with E-state index >= 15 is 0 Å². The Morgan fingerprint density at radius 2 is 1.83 bits per heavy atom. The molecule has 6 nitrogen and oxygen atoms in total. The fourth-order valence-corrected chi connectivity index (χ4v) is 2.55. The van der Waals surface area contributed by atoms with Gasteiger partial charge in [-0.1, -0.05) is 24.3 Å². The molecule has 0 fully saturated rings. The molecule has 0 aliphatic carbocycles. The largest absolute Gasteiger partial charge is 0.434 e. The molecule has 2 heterocycles. The van der Waals surface area contributed by atoms with Crippen molar-refractivity contribution in [3.05, 3.63) is 59.0 Å². The van der Waals surface area contributed by atoms with Gasteiger partial charge in [0.2, 0.25) is 0 Å². The third-order valence-electron chi connectivity index (χ3n) is 3.55. The highest BCUT2D eigenvalue weighted by atomic mass is 19.3. The number of nitrogens with zero attached hydrogens (tertiary/aromatic N) is 3. The van der Waals surface area contributed by atoms with Crippen molar-refractivity contribution in [2.24, 2.45) is 0 Å². The molecule has 120 valence electrons. The number of hydrogen-bond donors (Lipinski definition) is 1. The second-order valence-electron chi connectivity index (χ2n) is 5.02. The van der Waals surface area contributed by atoms with Gasteiger partial charge in [0.1, 0.15) is 5.75 Å². The average molecular weight is 328 g/mol. The zero-order chi connectivity index (χ0) is 16.7. The van der Waals surface area contributed by atoms with Gasteiger partial charge in [-0.05, 0) is 24.3 Å². The van der Waals surface area contributed by atoms with Crippen LogP contribution < -0.4 is 10.4 Å². The van der Waals surface area contributed by atoms with Gasteiger partial charge in [0.05, 0.1) is 11.1 Å². The zero-order valence-electron chi connectivity index (χ0n) is 12.1. The second-order valence-corrected chi connectivity index (χ2v) is 5.02. The minimum atomic E-state index is -2.97. The molecule has 8 heteroatoms. The van der Waals surface area contributed by atoms with Crippen molar-refractivity contribution in [3.63, 3.8) is 0 Å². The maximum atomic E-state index is 12.6. The second kappa shape index (κ2) is 5.41. The molecule has 0 radical (unpaired) electrons. The summed E-state index contributed by atoms with van der Waals surface area (Å²) in [5.74, 6) is 0.0808. The Balaban J connectivity index is 1.98. The molecule has 0 amide bonds. The Morgan fingerprint density at radius 3 is 2.67 bits per heavy atom. The predicted octanol–water partition coefficient (Wildman–Crippen LogP) is 2.84. The van der Waals surface area contributed by atoms with Gasteiger partial charge in [-0.3, -0.25) is 0 Å². The fourth-order valence-electron chi connectivity index (χ4n) is 2.55. The first kappa shape index (κ1) is 14.3. The summed E-state index contributed by atoms with van der Waals surface area (Å²) < 4.78 is 30.8. The van der Waals surface area contributed by atoms with E-state index in [0.29, 0.717) is 16.6 Å². The van der Waals surface area contributed by atoms with Crippen LogP contribution >= 0.6 is 0 Å². The van der Waals surface area contributed by atoms with Crippen molar-refractivity contribution >= 4 is 16.6 Å². The lowest BCUT2D eigenvalue weighted by Gasteiger charge is -2.07. The van der Waals surface area contributed by atoms with Crippen LogP contribution in [0.2, 0.25) is 0 Å². The van der Waals surface area contributed by atoms with Gasteiger partial charge in [-0.25, -0.2) is 9.78 Å². The number of fused-ring (bicyclic) bond motifs is 3. The molecule has 0 atom stereocenters. The molecule has 4 rings (SSSR count). The summed E-state index contributed by atoms with van der Waals surface area (Å²) in [5, 5.41) is 4.83. The van der Waals surface area contributed by atoms with E-state index in [1.54, 1.807) is 36.4 Å². The summed E-state index contributed by atoms with van der Waals surface area (Å²) in [6.45, 7) is -2.97. The molecule has 1 N–H and O–H groups in total. The van der Waals surface area contributed by atoms with Crippen molar-refractivity contribution in [3.8, 4) is 17.1 Å². The van der Waals surface area contributed by atoms with E-state index < -0.39 is 12.3 Å². The molecule has 0 saturated heterocycles. The molecule has 0 aliphatic heterocycles. The summed E-state index contributed by atoms with van der Waals surface area (Å²) in [7, 11) is 0. The monoisotopic (exact) mass is 328 g/mol. The number of alkyl halides is 2. The number of aromatic nitrogens is 4. The van der Waals surface area contributed by atoms with Crippen LogP contribution in [0.3, 0.4) is 0 Å². The van der Waals surface area contributed by atoms with Gasteiger partial charge < -0.3 is 9.72 Å². The smallest absolute Gasteiger partial charge is 0.387 e. The molecule has 0 saturated carbocycles. The van der Waals surface area contributed by atoms with Crippen LogP contribution in [0.4, 0.5) is 8.78 Å². The Bertz CT molecular complexity index is 1100. The highest BCUT2D eigenvalue weighted by Gasteiger charge is 2.17. The number of aromatic amines is 1. The molecule has 0 bridgehead atoms. The number of rotatable bonds is 3. The van der Waals surface area contributed by atoms with Crippen LogP contribution in [0, 0.1) is 0 Å². The third kappa shape index (κ3) is 2.28. The third-order valence-corrected chi connectivity index (χ3v) is 3.55. The summed E-state index contributed by atoms with van der Waals surface area (Å²) in [4.78, 5) is 19.2. The van der Waals surface area contributed by atoms with Crippen LogP contribution in [0.1, 0.15) is 0 Å². The minimum Gasteiger partial charge on any atom is -0.434 e. The van der Waals surface area contributed by atoms with Crippen molar-refractivity contribution in [1.29, 1.82) is 0 Å². The van der Waals surface area contributed by atoms with E-state index in [1.807, 2.05) is 6.07 Å². The molecule has 0 spiro atoms. The number of hydrogen-bond acceptors (Lipinski definition) is 4. The van der Waals surface area contributed by atoms with Gasteiger partial charge >= 0.3 is 12.3 Å². The Hall–Kier alpha value is -3.29. The molecule has 24 heavy (non-hydrogen) atoms. The van der Waals surface area contributed by atoms with Crippen LogP contribution in [0.5, 0.6) is 5.75 Å². The molecular weight excluding hydrogens is 318 g/mol. The summed E-state index contributed by atoms with van der Waals surface area (Å²) in [6, 6.07) is 13.3. The first-order valence-corrected chi connectivity index (χ1v) is 7.05. The summed E-state index contributed by atoms with van der Waals surface area (Å²) in [6.07, 6.45) is 0. The topological polar surface area (TPSA) is 72.3 Å². The van der Waals surface area contributed by atoms with Crippen molar-refractivity contribution in [1.82, 2.24) is 19.6 Å². The van der Waals surface area contributed by atoms with E-state index in [2.05, 4.69) is 19.8 Å². The lowest BCUT2D eigenvalue weighted by Crippen LogP contribution is -2.17. The molecular formula is C16H10F2N4O2. The van der Waals surface area contributed by atoms with Crippen molar-refractivity contribution in [2.75, 3.05) is 0 Å². The van der Waals surface area contributed by atoms with Gasteiger partial charge in [-0.15, -0.1) is 5.10 Å². The normalized spacial score (nSPS) is 11.5. The van der Waals surface area contributed by atoms with E-state index in [9.17, 15) is 13.6 Å². The number of ether oxygens (including phenoxy) is 1. The molecule has 2 aromatic heterocycles. The van der Waals surface area contributed by atoms with E-state index in [0.717, 1.165) is 4.52 Å². The lowest BCUT2D eigenvalue weighted by atomic mass is 10.2. The van der Waals surface area contributed by atoms with E-state index in [1.165, 1.54) is 6.07 Å². The lowest BCUT2D eigenvalue weighted by molar-refractivity contribution is -0.0494. The highest BCUT2D eigenvalue weighted by Crippen LogP contribution is 2.29. The zero-order valence-corrected chi connectivity index (χ0v) is 12.1. The Kier molecular flexibility index (Phi) is 3.23. The summed E-state index contributed by atoms with van der Waals surface area (Å²) in [5.41, 5.74) is 0.780.